The maximum atomic E-state index is 7.32. The van der Waals surface area contributed by atoms with Crippen LogP contribution in [0.25, 0.3) is 0 Å². The van der Waals surface area contributed by atoms with Crippen molar-refractivity contribution in [2.24, 2.45) is 0 Å². The van der Waals surface area contributed by atoms with E-state index >= 15 is 0 Å². The van der Waals surface area contributed by atoms with Crippen LogP contribution >= 0.6 is 0 Å². The smallest absolute Gasteiger partial charge is 0.449 e. The Hall–Kier alpha value is 0.412. The average molecular weight is 541 g/mol. The number of hydrogen-bond acceptors (Lipinski definition) is 3. The normalized spacial score (nSPS) is 12.9. The highest BCUT2D eigenvalue weighted by Crippen LogP contribution is 2.38. The molecule has 0 N–H and O–H groups in total. The molecule has 0 spiro atoms. The van der Waals surface area contributed by atoms with Gasteiger partial charge in [0.2, 0.25) is 0 Å². The van der Waals surface area contributed by atoms with Crippen LogP contribution in [-0.2, 0) is 11.4 Å². The molecule has 0 aliphatic rings. The van der Waals surface area contributed by atoms with Crippen molar-refractivity contribution in [2.45, 2.75) is 214 Å². The van der Waals surface area contributed by atoms with Gasteiger partial charge in [-0.15, -0.1) is 0 Å². The van der Waals surface area contributed by atoms with Crippen LogP contribution in [0.1, 0.15) is 197 Å². The maximum absolute atomic E-state index is 7.32. The summed E-state index contributed by atoms with van der Waals surface area (Å²) in [7, 11) is 0. The largest absolute Gasteiger partial charge is 0.906 e. The number of rotatable bonds is 27. The third-order valence-electron chi connectivity index (χ3n) is 8.89. The Labute approximate surface area is 240 Å². The Morgan fingerprint density at radius 2 is 0.541 bits per heavy atom. The molecule has 0 fully saturated rings. The SMILES string of the molecule is CCCCC(CC)(CCCC)[O][Al]([O]C(CC)(CCCC)CCCC)[O]C(CC)(CCCC)CCCC. The van der Waals surface area contributed by atoms with E-state index in [1.807, 2.05) is 0 Å². The molecular formula is C33H69AlO3. The first kappa shape index (κ1) is 37.4. The van der Waals surface area contributed by atoms with Gasteiger partial charge in [0.05, 0.1) is 0 Å². The molecule has 0 saturated heterocycles. The highest BCUT2D eigenvalue weighted by atomic mass is 27.3. The van der Waals surface area contributed by atoms with Crippen molar-refractivity contribution >= 4 is 15.1 Å². The fourth-order valence-electron chi connectivity index (χ4n) is 5.72. The molecule has 0 rings (SSSR count). The monoisotopic (exact) mass is 541 g/mol. The van der Waals surface area contributed by atoms with E-state index < -0.39 is 15.1 Å². The zero-order chi connectivity index (χ0) is 28.0. The van der Waals surface area contributed by atoms with Crippen molar-refractivity contribution in [3.63, 3.8) is 0 Å². The van der Waals surface area contributed by atoms with Gasteiger partial charge in [-0.05, 0) is 57.8 Å². The molecule has 3 nitrogen and oxygen atoms in total. The average Bonchev–Trinajstić information content (AvgIpc) is 2.93. The van der Waals surface area contributed by atoms with E-state index in [9.17, 15) is 0 Å². The molecule has 0 bridgehead atoms. The van der Waals surface area contributed by atoms with Crippen LogP contribution in [0, 0.1) is 0 Å². The van der Waals surface area contributed by atoms with Crippen molar-refractivity contribution in [1.29, 1.82) is 0 Å². The zero-order valence-corrected chi connectivity index (χ0v) is 28.3. The molecule has 0 atom stereocenters. The maximum Gasteiger partial charge on any atom is 0.906 e. The first-order chi connectivity index (χ1) is 17.8. The lowest BCUT2D eigenvalue weighted by Gasteiger charge is -2.44. The van der Waals surface area contributed by atoms with Gasteiger partial charge in [-0.3, -0.25) is 0 Å². The lowest BCUT2D eigenvalue weighted by molar-refractivity contribution is -0.108. The van der Waals surface area contributed by atoms with E-state index in [4.69, 9.17) is 11.4 Å². The summed E-state index contributed by atoms with van der Waals surface area (Å²) < 4.78 is 22.0. The van der Waals surface area contributed by atoms with E-state index in [-0.39, 0.29) is 16.8 Å². The van der Waals surface area contributed by atoms with Gasteiger partial charge in [0.1, 0.15) is 0 Å². The van der Waals surface area contributed by atoms with Crippen molar-refractivity contribution < 1.29 is 11.4 Å². The predicted molar refractivity (Wildman–Crippen MR) is 165 cm³/mol. The van der Waals surface area contributed by atoms with Crippen molar-refractivity contribution in [3.05, 3.63) is 0 Å². The number of unbranched alkanes of at least 4 members (excludes halogenated alkanes) is 6. The van der Waals surface area contributed by atoms with Crippen molar-refractivity contribution in [2.75, 3.05) is 0 Å². The molecule has 222 valence electrons. The Morgan fingerprint density at radius 3 is 0.676 bits per heavy atom. The van der Waals surface area contributed by atoms with E-state index in [2.05, 4.69) is 62.3 Å². The third kappa shape index (κ3) is 14.6. The zero-order valence-electron chi connectivity index (χ0n) is 27.2. The molecule has 4 heteroatoms. The molecule has 0 saturated carbocycles. The van der Waals surface area contributed by atoms with Crippen molar-refractivity contribution in [3.8, 4) is 0 Å². The second kappa shape index (κ2) is 22.1. The highest BCUT2D eigenvalue weighted by Gasteiger charge is 2.50. The highest BCUT2D eigenvalue weighted by molar-refractivity contribution is 6.37. The molecule has 37 heavy (non-hydrogen) atoms. The second-order valence-electron chi connectivity index (χ2n) is 11.9. The summed E-state index contributed by atoms with van der Waals surface area (Å²) in [5.74, 6) is 0. The second-order valence-corrected chi connectivity index (χ2v) is 13.2. The first-order valence-corrected chi connectivity index (χ1v) is 18.3. The lowest BCUT2D eigenvalue weighted by atomic mass is 9.88. The fraction of sp³-hybridized carbons (Fsp3) is 1.00. The standard InChI is InChI=1S/3C11H23O.Al/c3*1-4-7-9-11(12,6-3)10-8-5-2;/h3*4-10H2,1-3H3;/q3*-1;+3. The molecule has 0 unspecified atom stereocenters. The molecule has 0 aliphatic carbocycles. The van der Waals surface area contributed by atoms with Crippen LogP contribution in [0.2, 0.25) is 0 Å². The van der Waals surface area contributed by atoms with Gasteiger partial charge >= 0.3 is 15.1 Å². The Morgan fingerprint density at radius 1 is 0.351 bits per heavy atom. The number of hydrogen-bond donors (Lipinski definition) is 0. The van der Waals surface area contributed by atoms with Gasteiger partial charge in [0.25, 0.3) is 0 Å². The molecule has 0 aliphatic heterocycles. The predicted octanol–water partition coefficient (Wildman–Crippen LogP) is 11.6. The van der Waals surface area contributed by atoms with Crippen LogP contribution in [0.4, 0.5) is 0 Å². The first-order valence-electron chi connectivity index (χ1n) is 16.9. The van der Waals surface area contributed by atoms with E-state index in [0.29, 0.717) is 0 Å². The third-order valence-corrected chi connectivity index (χ3v) is 11.0. The van der Waals surface area contributed by atoms with Gasteiger partial charge in [0.15, 0.2) is 0 Å². The summed E-state index contributed by atoms with van der Waals surface area (Å²) in [6.07, 6.45) is 24.5. The molecule has 0 amide bonds. The Balaban J connectivity index is 6.43. The van der Waals surface area contributed by atoms with Gasteiger partial charge in [0, 0.05) is 16.8 Å². The fourth-order valence-corrected chi connectivity index (χ4v) is 8.29. The van der Waals surface area contributed by atoms with Crippen molar-refractivity contribution in [1.82, 2.24) is 0 Å². The molecule has 0 aromatic rings. The van der Waals surface area contributed by atoms with Crippen LogP contribution < -0.4 is 0 Å². The van der Waals surface area contributed by atoms with Crippen LogP contribution in [0.5, 0.6) is 0 Å². The molecule has 0 heterocycles. The topological polar surface area (TPSA) is 27.7 Å². The van der Waals surface area contributed by atoms with Crippen LogP contribution in [0.3, 0.4) is 0 Å². The van der Waals surface area contributed by atoms with E-state index in [0.717, 1.165) is 57.8 Å². The molecular weight excluding hydrogens is 471 g/mol. The minimum Gasteiger partial charge on any atom is -0.449 e. The van der Waals surface area contributed by atoms with Gasteiger partial charge in [-0.25, -0.2) is 0 Å². The summed E-state index contributed by atoms with van der Waals surface area (Å²) in [5, 5.41) is 0. The summed E-state index contributed by atoms with van der Waals surface area (Å²) in [5.41, 5.74) is -0.313. The Kier molecular flexibility index (Phi) is 22.4. The van der Waals surface area contributed by atoms with Crippen LogP contribution in [0.15, 0.2) is 0 Å². The Bertz CT molecular complexity index is 414. The summed E-state index contributed by atoms with van der Waals surface area (Å²) in [6, 6.07) is 0. The molecule has 0 radical (unpaired) electrons. The molecule has 0 aromatic carbocycles. The van der Waals surface area contributed by atoms with Gasteiger partial charge < -0.3 is 11.4 Å². The van der Waals surface area contributed by atoms with Gasteiger partial charge in [-0.2, -0.15) is 0 Å². The summed E-state index contributed by atoms with van der Waals surface area (Å²) in [4.78, 5) is 0. The van der Waals surface area contributed by atoms with E-state index in [1.165, 1.54) is 77.0 Å². The summed E-state index contributed by atoms with van der Waals surface area (Å²) >= 11 is -2.42. The molecule has 0 aromatic heterocycles. The lowest BCUT2D eigenvalue weighted by Crippen LogP contribution is -2.51. The van der Waals surface area contributed by atoms with E-state index in [1.54, 1.807) is 0 Å². The quantitative estimate of drug-likeness (QED) is 0.0970. The summed E-state index contributed by atoms with van der Waals surface area (Å²) in [6.45, 7) is 20.8. The minimum atomic E-state index is -2.42. The minimum absolute atomic E-state index is 0.104. The van der Waals surface area contributed by atoms with Gasteiger partial charge in [-0.1, -0.05) is 139 Å². The van der Waals surface area contributed by atoms with Crippen LogP contribution in [-0.4, -0.2) is 32.0 Å².